The van der Waals surface area contributed by atoms with Crippen LogP contribution < -0.4 is 0 Å². The Morgan fingerprint density at radius 3 is 1.79 bits per heavy atom. The molecule has 0 atom stereocenters. The van der Waals surface area contributed by atoms with Crippen LogP contribution in [-0.2, 0) is 12.8 Å². The molecule has 2 nitrogen and oxygen atoms in total. The maximum absolute atomic E-state index is 8.99. The van der Waals surface area contributed by atoms with E-state index in [0.29, 0.717) is 5.56 Å². The van der Waals surface area contributed by atoms with Crippen molar-refractivity contribution in [2.45, 2.75) is 26.7 Å². The highest BCUT2D eigenvalue weighted by Crippen LogP contribution is 2.18. The number of nitriles is 2. The van der Waals surface area contributed by atoms with Crippen LogP contribution in [0.25, 0.3) is 0 Å². The van der Waals surface area contributed by atoms with Gasteiger partial charge in [-0.15, -0.1) is 0 Å². The van der Waals surface area contributed by atoms with Gasteiger partial charge in [0.1, 0.15) is 0 Å². The number of benzene rings is 1. The molecule has 0 spiro atoms. The molecule has 1 aromatic rings. The van der Waals surface area contributed by atoms with E-state index in [1.807, 2.05) is 13.8 Å². The Morgan fingerprint density at radius 1 is 1.00 bits per heavy atom. The lowest BCUT2D eigenvalue weighted by Crippen LogP contribution is -1.96. The van der Waals surface area contributed by atoms with Crippen molar-refractivity contribution >= 4 is 0 Å². The molecular formula is C12H12N2. The van der Waals surface area contributed by atoms with E-state index >= 15 is 0 Å². The van der Waals surface area contributed by atoms with Gasteiger partial charge in [0.15, 0.2) is 0 Å². The number of rotatable bonds is 2. The van der Waals surface area contributed by atoms with Crippen LogP contribution in [0.3, 0.4) is 0 Å². The van der Waals surface area contributed by atoms with Crippen molar-refractivity contribution in [2.24, 2.45) is 0 Å². The van der Waals surface area contributed by atoms with Gasteiger partial charge in [-0.05, 0) is 36.1 Å². The van der Waals surface area contributed by atoms with Crippen LogP contribution in [0.4, 0.5) is 0 Å². The van der Waals surface area contributed by atoms with Crippen LogP contribution in [-0.4, -0.2) is 0 Å². The third-order valence-corrected chi connectivity index (χ3v) is 2.30. The average molecular weight is 184 g/mol. The van der Waals surface area contributed by atoms with Crippen molar-refractivity contribution in [1.82, 2.24) is 0 Å². The minimum Gasteiger partial charge on any atom is -0.192 e. The van der Waals surface area contributed by atoms with E-state index in [1.54, 1.807) is 12.1 Å². The van der Waals surface area contributed by atoms with Crippen molar-refractivity contribution in [3.05, 3.63) is 34.4 Å². The van der Waals surface area contributed by atoms with Gasteiger partial charge in [0.25, 0.3) is 0 Å². The zero-order valence-electron chi connectivity index (χ0n) is 8.46. The van der Waals surface area contributed by atoms with E-state index in [2.05, 4.69) is 12.1 Å². The van der Waals surface area contributed by atoms with Gasteiger partial charge in [-0.25, -0.2) is 0 Å². The van der Waals surface area contributed by atoms with Crippen LogP contribution >= 0.6 is 0 Å². The highest BCUT2D eigenvalue weighted by Gasteiger charge is 2.07. The second-order valence-corrected chi connectivity index (χ2v) is 3.10. The molecule has 0 saturated carbocycles. The summed E-state index contributed by atoms with van der Waals surface area (Å²) in [5, 5.41) is 17.8. The topological polar surface area (TPSA) is 47.6 Å². The SMILES string of the molecule is CCc1cc(C#N)cc(CC)c1C#N. The predicted octanol–water partition coefficient (Wildman–Crippen LogP) is 2.55. The monoisotopic (exact) mass is 184 g/mol. The molecule has 0 fully saturated rings. The first-order valence-corrected chi connectivity index (χ1v) is 4.72. The molecule has 1 rings (SSSR count). The van der Waals surface area contributed by atoms with Gasteiger partial charge in [-0.1, -0.05) is 13.8 Å². The van der Waals surface area contributed by atoms with E-state index in [0.717, 1.165) is 29.5 Å². The Labute approximate surface area is 84.4 Å². The Kier molecular flexibility index (Phi) is 3.26. The molecule has 0 aromatic heterocycles. The van der Waals surface area contributed by atoms with Gasteiger partial charge in [0.05, 0.1) is 23.3 Å². The summed E-state index contributed by atoms with van der Waals surface area (Å²) in [6.07, 6.45) is 1.59. The summed E-state index contributed by atoms with van der Waals surface area (Å²) in [7, 11) is 0. The zero-order valence-corrected chi connectivity index (χ0v) is 8.46. The summed E-state index contributed by atoms with van der Waals surface area (Å²) in [5.41, 5.74) is 3.35. The fourth-order valence-corrected chi connectivity index (χ4v) is 1.53. The first kappa shape index (κ1) is 10.3. The van der Waals surface area contributed by atoms with Crippen molar-refractivity contribution in [2.75, 3.05) is 0 Å². The van der Waals surface area contributed by atoms with Crippen LogP contribution in [0.1, 0.15) is 36.1 Å². The normalized spacial score (nSPS) is 9.14. The summed E-state index contributed by atoms with van der Waals surface area (Å²) < 4.78 is 0. The smallest absolute Gasteiger partial charge is 0.0997 e. The quantitative estimate of drug-likeness (QED) is 0.709. The molecule has 0 amide bonds. The van der Waals surface area contributed by atoms with E-state index in [4.69, 9.17) is 10.5 Å². The number of hydrogen-bond donors (Lipinski definition) is 0. The van der Waals surface area contributed by atoms with Crippen LogP contribution in [0.2, 0.25) is 0 Å². The Hall–Kier alpha value is -1.80. The fraction of sp³-hybridized carbons (Fsp3) is 0.333. The predicted molar refractivity (Wildman–Crippen MR) is 54.6 cm³/mol. The highest BCUT2D eigenvalue weighted by molar-refractivity contribution is 5.49. The number of nitrogens with zero attached hydrogens (tertiary/aromatic N) is 2. The third-order valence-electron chi connectivity index (χ3n) is 2.30. The summed E-state index contributed by atoms with van der Waals surface area (Å²) >= 11 is 0. The van der Waals surface area contributed by atoms with Crippen LogP contribution in [0.5, 0.6) is 0 Å². The Balaban J connectivity index is 3.43. The molecule has 0 heterocycles. The first-order valence-electron chi connectivity index (χ1n) is 4.72. The van der Waals surface area contributed by atoms with Gasteiger partial charge < -0.3 is 0 Å². The number of aryl methyl sites for hydroxylation is 2. The molecule has 0 bridgehead atoms. The lowest BCUT2D eigenvalue weighted by molar-refractivity contribution is 1.07. The molecule has 0 N–H and O–H groups in total. The second-order valence-electron chi connectivity index (χ2n) is 3.10. The standard InChI is InChI=1S/C12H12N2/c1-3-10-5-9(7-13)6-11(4-2)12(10)8-14/h5-6H,3-4H2,1-2H3. The molecule has 1 aromatic carbocycles. The van der Waals surface area contributed by atoms with Gasteiger partial charge in [0, 0.05) is 0 Å². The van der Waals surface area contributed by atoms with Crippen molar-refractivity contribution in [1.29, 1.82) is 10.5 Å². The van der Waals surface area contributed by atoms with Gasteiger partial charge in [-0.3, -0.25) is 0 Å². The average Bonchev–Trinajstić information content (AvgIpc) is 2.26. The van der Waals surface area contributed by atoms with E-state index in [-0.39, 0.29) is 0 Å². The Morgan fingerprint density at radius 2 is 1.50 bits per heavy atom. The van der Waals surface area contributed by atoms with E-state index in [9.17, 15) is 0 Å². The van der Waals surface area contributed by atoms with E-state index < -0.39 is 0 Å². The van der Waals surface area contributed by atoms with Gasteiger partial charge in [-0.2, -0.15) is 10.5 Å². The summed E-state index contributed by atoms with van der Waals surface area (Å²) in [6, 6.07) is 7.93. The maximum Gasteiger partial charge on any atom is 0.0997 e. The summed E-state index contributed by atoms with van der Waals surface area (Å²) in [6.45, 7) is 3.99. The minimum atomic E-state index is 0.651. The van der Waals surface area contributed by atoms with Crippen molar-refractivity contribution in [3.63, 3.8) is 0 Å². The Bertz CT molecular complexity index is 394. The molecule has 14 heavy (non-hydrogen) atoms. The van der Waals surface area contributed by atoms with Crippen molar-refractivity contribution in [3.8, 4) is 12.1 Å². The molecular weight excluding hydrogens is 172 g/mol. The molecule has 0 aliphatic rings. The van der Waals surface area contributed by atoms with Crippen LogP contribution in [0.15, 0.2) is 12.1 Å². The van der Waals surface area contributed by atoms with Gasteiger partial charge in [0.2, 0.25) is 0 Å². The largest absolute Gasteiger partial charge is 0.192 e. The molecule has 0 unspecified atom stereocenters. The molecule has 0 radical (unpaired) electrons. The lowest BCUT2D eigenvalue weighted by Gasteiger charge is -2.06. The molecule has 0 saturated heterocycles. The van der Waals surface area contributed by atoms with E-state index in [1.165, 1.54) is 0 Å². The summed E-state index contributed by atoms with van der Waals surface area (Å²) in [5.74, 6) is 0. The maximum atomic E-state index is 8.99. The lowest BCUT2D eigenvalue weighted by atomic mass is 9.96. The summed E-state index contributed by atoms with van der Waals surface area (Å²) in [4.78, 5) is 0. The molecule has 2 heteroatoms. The highest BCUT2D eigenvalue weighted by atomic mass is 14.3. The second kappa shape index (κ2) is 4.44. The van der Waals surface area contributed by atoms with Gasteiger partial charge >= 0.3 is 0 Å². The third kappa shape index (κ3) is 1.75. The van der Waals surface area contributed by atoms with Crippen LogP contribution in [0, 0.1) is 22.7 Å². The number of hydrogen-bond acceptors (Lipinski definition) is 2. The molecule has 0 aliphatic heterocycles. The zero-order chi connectivity index (χ0) is 10.6. The van der Waals surface area contributed by atoms with Crippen molar-refractivity contribution < 1.29 is 0 Å². The first-order chi connectivity index (χ1) is 6.76. The minimum absolute atomic E-state index is 0.651. The molecule has 70 valence electrons. The molecule has 0 aliphatic carbocycles. The fourth-order valence-electron chi connectivity index (χ4n) is 1.53.